The molecule has 1 amide bonds. The highest BCUT2D eigenvalue weighted by atomic mass is 32.2. The standard InChI is InChI=1S/C20H24N2O3S/c1-15(2)20(23)22-11-10-17-8-9-19(12-18(17)13-22)21-26(24,25)14-16-6-4-3-5-7-16/h3-9,12,15,21H,10-11,13-14H2,1-2H3. The van der Waals surface area contributed by atoms with Gasteiger partial charge in [0.2, 0.25) is 15.9 Å². The smallest absolute Gasteiger partial charge is 0.236 e. The topological polar surface area (TPSA) is 66.5 Å². The lowest BCUT2D eigenvalue weighted by atomic mass is 9.98. The Morgan fingerprint density at radius 2 is 1.85 bits per heavy atom. The van der Waals surface area contributed by atoms with E-state index >= 15 is 0 Å². The average Bonchev–Trinajstić information content (AvgIpc) is 2.60. The lowest BCUT2D eigenvalue weighted by Crippen LogP contribution is -2.38. The van der Waals surface area contributed by atoms with Crippen LogP contribution in [0.25, 0.3) is 0 Å². The zero-order valence-electron chi connectivity index (χ0n) is 15.1. The second kappa shape index (κ2) is 7.50. The van der Waals surface area contributed by atoms with Crippen molar-refractivity contribution in [1.29, 1.82) is 0 Å². The molecule has 1 N–H and O–H groups in total. The van der Waals surface area contributed by atoms with Crippen molar-refractivity contribution in [3.05, 3.63) is 65.2 Å². The molecule has 5 nitrogen and oxygen atoms in total. The van der Waals surface area contributed by atoms with Gasteiger partial charge in [-0.1, -0.05) is 50.2 Å². The third-order valence-electron chi connectivity index (χ3n) is 4.50. The van der Waals surface area contributed by atoms with Crippen molar-refractivity contribution in [3.63, 3.8) is 0 Å². The minimum absolute atomic E-state index is 0.0379. The first kappa shape index (κ1) is 18.5. The summed E-state index contributed by atoms with van der Waals surface area (Å²) in [5.41, 5.74) is 3.46. The number of hydrogen-bond acceptors (Lipinski definition) is 3. The van der Waals surface area contributed by atoms with Crippen molar-refractivity contribution < 1.29 is 13.2 Å². The van der Waals surface area contributed by atoms with Crippen molar-refractivity contribution in [2.24, 2.45) is 5.92 Å². The van der Waals surface area contributed by atoms with E-state index in [1.165, 1.54) is 5.56 Å². The van der Waals surface area contributed by atoms with Crippen LogP contribution in [-0.2, 0) is 33.5 Å². The molecule has 0 bridgehead atoms. The van der Waals surface area contributed by atoms with Gasteiger partial charge in [0.05, 0.1) is 5.75 Å². The highest BCUT2D eigenvalue weighted by Gasteiger charge is 2.23. The summed E-state index contributed by atoms with van der Waals surface area (Å²) in [6, 6.07) is 14.7. The number of rotatable bonds is 5. The number of anilines is 1. The van der Waals surface area contributed by atoms with Gasteiger partial charge in [-0.3, -0.25) is 9.52 Å². The van der Waals surface area contributed by atoms with Crippen LogP contribution < -0.4 is 4.72 Å². The molecule has 0 aromatic heterocycles. The van der Waals surface area contributed by atoms with E-state index < -0.39 is 10.0 Å². The van der Waals surface area contributed by atoms with Crippen LogP contribution in [-0.4, -0.2) is 25.8 Å². The predicted octanol–water partition coefficient (Wildman–Crippen LogP) is 3.17. The van der Waals surface area contributed by atoms with Crippen molar-refractivity contribution in [2.45, 2.75) is 32.6 Å². The zero-order valence-corrected chi connectivity index (χ0v) is 15.9. The highest BCUT2D eigenvalue weighted by molar-refractivity contribution is 7.91. The van der Waals surface area contributed by atoms with Crippen molar-refractivity contribution in [1.82, 2.24) is 4.90 Å². The lowest BCUT2D eigenvalue weighted by molar-refractivity contribution is -0.135. The monoisotopic (exact) mass is 372 g/mol. The summed E-state index contributed by atoms with van der Waals surface area (Å²) in [5, 5.41) is 0. The van der Waals surface area contributed by atoms with Gasteiger partial charge in [0, 0.05) is 24.7 Å². The van der Waals surface area contributed by atoms with E-state index in [1.54, 1.807) is 18.2 Å². The summed E-state index contributed by atoms with van der Waals surface area (Å²) in [6.45, 7) is 5.03. The molecular formula is C20H24N2O3S. The number of sulfonamides is 1. The number of hydrogen-bond donors (Lipinski definition) is 1. The third-order valence-corrected chi connectivity index (χ3v) is 5.76. The molecule has 1 aliphatic rings. The zero-order chi connectivity index (χ0) is 18.7. The maximum absolute atomic E-state index is 12.4. The van der Waals surface area contributed by atoms with Crippen LogP contribution in [0.5, 0.6) is 0 Å². The van der Waals surface area contributed by atoms with Gasteiger partial charge in [-0.2, -0.15) is 0 Å². The van der Waals surface area contributed by atoms with Crippen molar-refractivity contribution in [2.75, 3.05) is 11.3 Å². The molecule has 0 radical (unpaired) electrons. The Balaban J connectivity index is 1.74. The highest BCUT2D eigenvalue weighted by Crippen LogP contribution is 2.24. The van der Waals surface area contributed by atoms with E-state index in [1.807, 2.05) is 49.1 Å². The first-order valence-corrected chi connectivity index (χ1v) is 10.4. The van der Waals surface area contributed by atoms with Crippen LogP contribution in [0.15, 0.2) is 48.5 Å². The Bertz CT molecular complexity index is 893. The summed E-state index contributed by atoms with van der Waals surface area (Å²) in [7, 11) is -3.49. The number of benzene rings is 2. The molecule has 6 heteroatoms. The predicted molar refractivity (Wildman–Crippen MR) is 103 cm³/mol. The largest absolute Gasteiger partial charge is 0.338 e. The molecule has 0 saturated heterocycles. The summed E-state index contributed by atoms with van der Waals surface area (Å²) in [6.07, 6.45) is 0.796. The van der Waals surface area contributed by atoms with Crippen LogP contribution in [0.2, 0.25) is 0 Å². The number of fused-ring (bicyclic) bond motifs is 1. The Kier molecular flexibility index (Phi) is 5.32. The SMILES string of the molecule is CC(C)C(=O)N1CCc2ccc(NS(=O)(=O)Cc3ccccc3)cc2C1. The van der Waals surface area contributed by atoms with E-state index in [9.17, 15) is 13.2 Å². The van der Waals surface area contributed by atoms with Crippen LogP contribution in [0, 0.1) is 5.92 Å². The molecule has 138 valence electrons. The molecule has 0 atom stereocenters. The van der Waals surface area contributed by atoms with Crippen molar-refractivity contribution in [3.8, 4) is 0 Å². The fourth-order valence-electron chi connectivity index (χ4n) is 3.18. The van der Waals surface area contributed by atoms with Gasteiger partial charge in [-0.05, 0) is 35.2 Å². The minimum Gasteiger partial charge on any atom is -0.338 e. The second-order valence-electron chi connectivity index (χ2n) is 6.99. The first-order valence-electron chi connectivity index (χ1n) is 8.79. The summed E-state index contributed by atoms with van der Waals surface area (Å²) < 4.78 is 27.5. The van der Waals surface area contributed by atoms with Gasteiger partial charge in [-0.15, -0.1) is 0 Å². The fourth-order valence-corrected chi connectivity index (χ4v) is 4.37. The molecule has 0 unspecified atom stereocenters. The van der Waals surface area contributed by atoms with Gasteiger partial charge in [0.25, 0.3) is 0 Å². The molecule has 1 aliphatic heterocycles. The van der Waals surface area contributed by atoms with E-state index in [2.05, 4.69) is 4.72 Å². The molecule has 2 aromatic rings. The molecule has 26 heavy (non-hydrogen) atoms. The maximum atomic E-state index is 12.4. The molecule has 1 heterocycles. The van der Waals surface area contributed by atoms with E-state index in [0.29, 0.717) is 18.8 Å². The Morgan fingerprint density at radius 1 is 1.12 bits per heavy atom. The van der Waals surface area contributed by atoms with Gasteiger partial charge in [-0.25, -0.2) is 8.42 Å². The van der Waals surface area contributed by atoms with E-state index in [-0.39, 0.29) is 17.6 Å². The van der Waals surface area contributed by atoms with E-state index in [4.69, 9.17) is 0 Å². The molecule has 0 aliphatic carbocycles. The minimum atomic E-state index is -3.49. The third kappa shape index (κ3) is 4.43. The number of nitrogens with one attached hydrogen (secondary N) is 1. The molecule has 2 aromatic carbocycles. The van der Waals surface area contributed by atoms with Crippen molar-refractivity contribution >= 4 is 21.6 Å². The Morgan fingerprint density at radius 3 is 2.54 bits per heavy atom. The molecular weight excluding hydrogens is 348 g/mol. The second-order valence-corrected chi connectivity index (χ2v) is 8.72. The van der Waals surface area contributed by atoms with Gasteiger partial charge >= 0.3 is 0 Å². The molecule has 0 fully saturated rings. The quantitative estimate of drug-likeness (QED) is 0.877. The van der Waals surface area contributed by atoms with Gasteiger partial charge < -0.3 is 4.90 Å². The van der Waals surface area contributed by atoms with Gasteiger partial charge in [0.1, 0.15) is 0 Å². The van der Waals surface area contributed by atoms with Gasteiger partial charge in [0.15, 0.2) is 0 Å². The Hall–Kier alpha value is -2.34. The number of amides is 1. The maximum Gasteiger partial charge on any atom is 0.236 e. The van der Waals surface area contributed by atoms with Crippen LogP contribution in [0.3, 0.4) is 0 Å². The number of carbonyl (C=O) groups excluding carboxylic acids is 1. The summed E-state index contributed by atoms with van der Waals surface area (Å²) in [4.78, 5) is 14.1. The van der Waals surface area contributed by atoms with Crippen LogP contribution in [0.1, 0.15) is 30.5 Å². The van der Waals surface area contributed by atoms with Crippen LogP contribution in [0.4, 0.5) is 5.69 Å². The lowest BCUT2D eigenvalue weighted by Gasteiger charge is -2.30. The summed E-state index contributed by atoms with van der Waals surface area (Å²) >= 11 is 0. The molecule has 3 rings (SSSR count). The van der Waals surface area contributed by atoms with E-state index in [0.717, 1.165) is 17.5 Å². The average molecular weight is 372 g/mol. The fraction of sp³-hybridized carbons (Fsp3) is 0.350. The summed E-state index contributed by atoms with van der Waals surface area (Å²) in [5.74, 6) is 0.0258. The normalized spacial score (nSPS) is 14.2. The van der Waals surface area contributed by atoms with Crippen LogP contribution >= 0.6 is 0 Å². The molecule has 0 saturated carbocycles. The first-order chi connectivity index (χ1) is 12.3. The number of carbonyl (C=O) groups is 1. The Labute approximate surface area is 155 Å². The molecule has 0 spiro atoms. The number of nitrogens with zero attached hydrogens (tertiary/aromatic N) is 1.